The number of benzene rings is 1. The molecule has 27 heavy (non-hydrogen) atoms. The van der Waals surface area contributed by atoms with Gasteiger partial charge >= 0.3 is 0 Å². The Balaban J connectivity index is 1.91. The third kappa shape index (κ3) is 4.23. The van der Waals surface area contributed by atoms with E-state index in [1.165, 1.54) is 0 Å². The molecule has 1 amide bonds. The molecule has 0 saturated heterocycles. The van der Waals surface area contributed by atoms with Gasteiger partial charge in [-0.1, -0.05) is 37.3 Å². The van der Waals surface area contributed by atoms with Gasteiger partial charge in [-0.05, 0) is 25.5 Å². The van der Waals surface area contributed by atoms with Crippen molar-refractivity contribution in [2.24, 2.45) is 0 Å². The zero-order valence-electron chi connectivity index (χ0n) is 15.5. The first-order chi connectivity index (χ1) is 13.1. The molecule has 6 nitrogen and oxygen atoms in total. The fourth-order valence-electron chi connectivity index (χ4n) is 2.94. The van der Waals surface area contributed by atoms with Gasteiger partial charge in [-0.3, -0.25) is 4.79 Å². The minimum atomic E-state index is -0.309. The third-order valence-electron chi connectivity index (χ3n) is 4.53. The largest absolute Gasteiger partial charge is 0.467 e. The van der Waals surface area contributed by atoms with Crippen LogP contribution in [-0.4, -0.2) is 38.5 Å². The van der Waals surface area contributed by atoms with Crippen molar-refractivity contribution >= 4 is 5.91 Å². The minimum Gasteiger partial charge on any atom is -0.467 e. The molecule has 2 heterocycles. The van der Waals surface area contributed by atoms with E-state index in [1.54, 1.807) is 30.4 Å². The molecule has 0 fully saturated rings. The molecule has 6 heteroatoms. The molecule has 0 bridgehead atoms. The first kappa shape index (κ1) is 18.8. The number of carbonyl (C=O) groups excluding carboxylic acids is 1. The Morgan fingerprint density at radius 2 is 2.00 bits per heavy atom. The molecule has 3 rings (SSSR count). The van der Waals surface area contributed by atoms with Crippen LogP contribution in [-0.2, 0) is 6.54 Å². The van der Waals surface area contributed by atoms with Crippen molar-refractivity contribution in [3.8, 4) is 11.4 Å². The van der Waals surface area contributed by atoms with Crippen LogP contribution in [0.3, 0.4) is 0 Å². The number of hydrogen-bond acceptors (Lipinski definition) is 5. The maximum atomic E-state index is 13.2. The normalized spacial score (nSPS) is 12.0. The molecular formula is C21H23N3O3. The summed E-state index contributed by atoms with van der Waals surface area (Å²) in [6.45, 7) is 3.90. The van der Waals surface area contributed by atoms with Crippen molar-refractivity contribution in [2.45, 2.75) is 32.9 Å². The molecule has 1 N–H and O–H groups in total. The molecule has 0 aliphatic carbocycles. The van der Waals surface area contributed by atoms with Crippen LogP contribution < -0.4 is 0 Å². The zero-order chi connectivity index (χ0) is 19.2. The number of aliphatic hydroxyl groups excluding tert-OH is 1. The second kappa shape index (κ2) is 8.60. The van der Waals surface area contributed by atoms with Gasteiger partial charge in [-0.15, -0.1) is 0 Å². The number of nitrogens with zero attached hydrogens (tertiary/aromatic N) is 3. The average molecular weight is 365 g/mol. The van der Waals surface area contributed by atoms with E-state index < -0.39 is 0 Å². The first-order valence-electron chi connectivity index (χ1n) is 8.97. The summed E-state index contributed by atoms with van der Waals surface area (Å²) in [6, 6.07) is 12.9. The molecule has 0 saturated carbocycles. The highest BCUT2D eigenvalue weighted by Crippen LogP contribution is 2.20. The van der Waals surface area contributed by atoms with Crippen LogP contribution in [0.25, 0.3) is 11.4 Å². The van der Waals surface area contributed by atoms with E-state index in [4.69, 9.17) is 4.42 Å². The van der Waals surface area contributed by atoms with Gasteiger partial charge in [0.2, 0.25) is 0 Å². The Hall–Kier alpha value is -2.99. The maximum Gasteiger partial charge on any atom is 0.258 e. The number of aromatic nitrogens is 2. The van der Waals surface area contributed by atoms with Gasteiger partial charge in [-0.2, -0.15) is 0 Å². The topological polar surface area (TPSA) is 79.5 Å². The Kier molecular flexibility index (Phi) is 5.98. The molecular weight excluding hydrogens is 342 g/mol. The second-order valence-electron chi connectivity index (χ2n) is 6.32. The van der Waals surface area contributed by atoms with Gasteiger partial charge in [-0.25, -0.2) is 9.97 Å². The lowest BCUT2D eigenvalue weighted by molar-refractivity contribution is 0.0543. The van der Waals surface area contributed by atoms with Crippen LogP contribution in [0.15, 0.2) is 59.3 Å². The summed E-state index contributed by atoms with van der Waals surface area (Å²) >= 11 is 0. The van der Waals surface area contributed by atoms with Crippen molar-refractivity contribution in [3.63, 3.8) is 0 Å². The van der Waals surface area contributed by atoms with Crippen LogP contribution in [0.4, 0.5) is 0 Å². The molecule has 2 aromatic heterocycles. The van der Waals surface area contributed by atoms with Crippen molar-refractivity contribution in [3.05, 3.63) is 71.9 Å². The van der Waals surface area contributed by atoms with Crippen LogP contribution >= 0.6 is 0 Å². The SMILES string of the molecule is CC[C@H](CO)N(Cc1ccco1)C(=O)c1cnc(-c2ccccc2)nc1C. The number of carbonyl (C=O) groups is 1. The molecule has 0 spiro atoms. The highest BCUT2D eigenvalue weighted by atomic mass is 16.3. The van der Waals surface area contributed by atoms with Crippen molar-refractivity contribution in [1.29, 1.82) is 0 Å². The smallest absolute Gasteiger partial charge is 0.258 e. The van der Waals surface area contributed by atoms with Crippen LogP contribution in [0, 0.1) is 6.92 Å². The second-order valence-corrected chi connectivity index (χ2v) is 6.32. The Morgan fingerprint density at radius 3 is 2.59 bits per heavy atom. The summed E-state index contributed by atoms with van der Waals surface area (Å²) in [6.07, 6.45) is 3.76. The summed E-state index contributed by atoms with van der Waals surface area (Å²) in [5, 5.41) is 9.73. The average Bonchev–Trinajstić information content (AvgIpc) is 3.21. The summed E-state index contributed by atoms with van der Waals surface area (Å²) in [5.74, 6) is 1.02. The quantitative estimate of drug-likeness (QED) is 0.694. The lowest BCUT2D eigenvalue weighted by Crippen LogP contribution is -2.42. The monoisotopic (exact) mass is 365 g/mol. The third-order valence-corrected chi connectivity index (χ3v) is 4.53. The Labute approximate surface area is 158 Å². The van der Waals surface area contributed by atoms with Crippen LogP contribution in [0.5, 0.6) is 0 Å². The molecule has 140 valence electrons. The molecule has 0 aliphatic rings. The van der Waals surface area contributed by atoms with Gasteiger partial charge in [0, 0.05) is 11.8 Å². The van der Waals surface area contributed by atoms with Crippen molar-refractivity contribution in [1.82, 2.24) is 14.9 Å². The first-order valence-corrected chi connectivity index (χ1v) is 8.97. The highest BCUT2D eigenvalue weighted by Gasteiger charge is 2.26. The van der Waals surface area contributed by atoms with Crippen molar-refractivity contribution < 1.29 is 14.3 Å². The van der Waals surface area contributed by atoms with Crippen LogP contribution in [0.1, 0.15) is 35.2 Å². The van der Waals surface area contributed by atoms with Gasteiger partial charge < -0.3 is 14.4 Å². The predicted octanol–water partition coefficient (Wildman–Crippen LogP) is 3.46. The Morgan fingerprint density at radius 1 is 1.22 bits per heavy atom. The molecule has 1 aromatic carbocycles. The summed E-state index contributed by atoms with van der Waals surface area (Å²) in [7, 11) is 0. The molecule has 0 aliphatic heterocycles. The van der Waals surface area contributed by atoms with E-state index in [0.717, 1.165) is 5.56 Å². The van der Waals surface area contributed by atoms with E-state index in [0.29, 0.717) is 29.3 Å². The summed E-state index contributed by atoms with van der Waals surface area (Å²) < 4.78 is 5.39. The van der Waals surface area contributed by atoms with Gasteiger partial charge in [0.25, 0.3) is 5.91 Å². The molecule has 1 atom stereocenters. The number of aliphatic hydroxyl groups is 1. The summed E-state index contributed by atoms with van der Waals surface area (Å²) in [5.41, 5.74) is 1.92. The fourth-order valence-corrected chi connectivity index (χ4v) is 2.94. The fraction of sp³-hybridized carbons (Fsp3) is 0.286. The van der Waals surface area contributed by atoms with E-state index in [-0.39, 0.29) is 25.1 Å². The number of aryl methyl sites for hydroxylation is 1. The number of amides is 1. The summed E-state index contributed by atoms with van der Waals surface area (Å²) in [4.78, 5) is 23.7. The lowest BCUT2D eigenvalue weighted by Gasteiger charge is -2.29. The number of rotatable bonds is 7. The number of furan rings is 1. The predicted molar refractivity (Wildman–Crippen MR) is 102 cm³/mol. The molecule has 3 aromatic rings. The van der Waals surface area contributed by atoms with E-state index in [2.05, 4.69) is 9.97 Å². The zero-order valence-corrected chi connectivity index (χ0v) is 15.5. The van der Waals surface area contributed by atoms with E-state index >= 15 is 0 Å². The van der Waals surface area contributed by atoms with Crippen LogP contribution in [0.2, 0.25) is 0 Å². The molecule has 0 radical (unpaired) electrons. The standard InChI is InChI=1S/C21H23N3O3/c1-3-17(14-25)24(13-18-10-7-11-27-18)21(26)19-12-22-20(23-15(19)2)16-8-5-4-6-9-16/h4-12,17,25H,3,13-14H2,1-2H3/t17-/m1/s1. The van der Waals surface area contributed by atoms with Gasteiger partial charge in [0.15, 0.2) is 5.82 Å². The van der Waals surface area contributed by atoms with E-state index in [1.807, 2.05) is 43.3 Å². The Bertz CT molecular complexity index is 875. The molecule has 0 unspecified atom stereocenters. The highest BCUT2D eigenvalue weighted by molar-refractivity contribution is 5.95. The minimum absolute atomic E-state index is 0.120. The van der Waals surface area contributed by atoms with Gasteiger partial charge in [0.1, 0.15) is 5.76 Å². The lowest BCUT2D eigenvalue weighted by atomic mass is 10.1. The maximum absolute atomic E-state index is 13.2. The van der Waals surface area contributed by atoms with Gasteiger partial charge in [0.05, 0.1) is 36.7 Å². The van der Waals surface area contributed by atoms with E-state index in [9.17, 15) is 9.90 Å². The van der Waals surface area contributed by atoms with Crippen molar-refractivity contribution in [2.75, 3.05) is 6.61 Å². The number of hydrogen-bond donors (Lipinski definition) is 1.